The number of nitrogens with zero attached hydrogens (tertiary/aromatic N) is 1. The highest BCUT2D eigenvalue weighted by molar-refractivity contribution is 5.91. The lowest BCUT2D eigenvalue weighted by atomic mass is 9.83. The Bertz CT molecular complexity index is 508. The molecule has 0 saturated carbocycles. The van der Waals surface area contributed by atoms with Crippen molar-refractivity contribution < 1.29 is 9.59 Å². The van der Waals surface area contributed by atoms with E-state index in [9.17, 15) is 9.59 Å². The molecule has 0 atom stereocenters. The first kappa shape index (κ1) is 14.4. The predicted molar refractivity (Wildman–Crippen MR) is 78.1 cm³/mol. The monoisotopic (exact) mass is 275 g/mol. The SMILES string of the molecule is CC(C)(C(=O)N1CCCNC(=O)C1)c1ccc(N)cc1. The Morgan fingerprint density at radius 3 is 2.60 bits per heavy atom. The van der Waals surface area contributed by atoms with Gasteiger partial charge < -0.3 is 16.0 Å². The number of amides is 2. The lowest BCUT2D eigenvalue weighted by Gasteiger charge is -2.31. The lowest BCUT2D eigenvalue weighted by molar-refractivity contribution is -0.139. The highest BCUT2D eigenvalue weighted by atomic mass is 16.2. The van der Waals surface area contributed by atoms with Crippen LogP contribution in [0.1, 0.15) is 25.8 Å². The number of anilines is 1. The summed E-state index contributed by atoms with van der Waals surface area (Å²) >= 11 is 0. The Balaban J connectivity index is 2.21. The van der Waals surface area contributed by atoms with Gasteiger partial charge in [0.15, 0.2) is 0 Å². The third-order valence-corrected chi connectivity index (χ3v) is 3.72. The van der Waals surface area contributed by atoms with Gasteiger partial charge in [-0.15, -0.1) is 0 Å². The van der Waals surface area contributed by atoms with Crippen molar-refractivity contribution >= 4 is 17.5 Å². The molecule has 0 aromatic heterocycles. The van der Waals surface area contributed by atoms with Crippen molar-refractivity contribution in [1.82, 2.24) is 10.2 Å². The van der Waals surface area contributed by atoms with Gasteiger partial charge in [-0.05, 0) is 38.0 Å². The number of nitrogens with two attached hydrogens (primary N) is 1. The molecule has 5 nitrogen and oxygen atoms in total. The van der Waals surface area contributed by atoms with Crippen LogP contribution in [0.2, 0.25) is 0 Å². The largest absolute Gasteiger partial charge is 0.399 e. The first-order chi connectivity index (χ1) is 9.41. The number of carbonyl (C=O) groups is 2. The predicted octanol–water partition coefficient (Wildman–Crippen LogP) is 0.895. The van der Waals surface area contributed by atoms with Crippen molar-refractivity contribution in [3.63, 3.8) is 0 Å². The third kappa shape index (κ3) is 2.92. The van der Waals surface area contributed by atoms with E-state index >= 15 is 0 Å². The van der Waals surface area contributed by atoms with Gasteiger partial charge in [0.2, 0.25) is 11.8 Å². The maximum atomic E-state index is 12.7. The molecule has 0 radical (unpaired) electrons. The molecule has 1 aliphatic rings. The fourth-order valence-corrected chi connectivity index (χ4v) is 2.40. The molecule has 3 N–H and O–H groups in total. The Kier molecular flexibility index (Phi) is 3.97. The molecule has 0 unspecified atom stereocenters. The minimum absolute atomic E-state index is 0.0284. The Hall–Kier alpha value is -2.04. The summed E-state index contributed by atoms with van der Waals surface area (Å²) in [6, 6.07) is 7.31. The molecule has 0 bridgehead atoms. The van der Waals surface area contributed by atoms with E-state index in [0.29, 0.717) is 18.8 Å². The van der Waals surface area contributed by atoms with Crippen LogP contribution in [-0.2, 0) is 15.0 Å². The Labute approximate surface area is 119 Å². The van der Waals surface area contributed by atoms with Crippen molar-refractivity contribution in [2.75, 3.05) is 25.4 Å². The van der Waals surface area contributed by atoms with Crippen molar-refractivity contribution in [3.05, 3.63) is 29.8 Å². The van der Waals surface area contributed by atoms with E-state index < -0.39 is 5.41 Å². The number of hydrogen-bond acceptors (Lipinski definition) is 3. The zero-order valence-electron chi connectivity index (χ0n) is 12.0. The molecule has 108 valence electrons. The van der Waals surface area contributed by atoms with Crippen molar-refractivity contribution in [1.29, 1.82) is 0 Å². The van der Waals surface area contributed by atoms with E-state index in [0.717, 1.165) is 12.0 Å². The molecule has 20 heavy (non-hydrogen) atoms. The second-order valence-corrected chi connectivity index (χ2v) is 5.68. The van der Waals surface area contributed by atoms with E-state index in [1.807, 2.05) is 26.0 Å². The van der Waals surface area contributed by atoms with Crippen molar-refractivity contribution in [2.24, 2.45) is 0 Å². The van der Waals surface area contributed by atoms with Crippen molar-refractivity contribution in [2.45, 2.75) is 25.7 Å². The highest BCUT2D eigenvalue weighted by Crippen LogP contribution is 2.26. The number of nitrogens with one attached hydrogen (secondary N) is 1. The first-order valence-corrected chi connectivity index (χ1v) is 6.83. The van der Waals surface area contributed by atoms with E-state index in [1.54, 1.807) is 17.0 Å². The van der Waals surface area contributed by atoms with Crippen LogP contribution in [0.5, 0.6) is 0 Å². The van der Waals surface area contributed by atoms with E-state index in [-0.39, 0.29) is 18.4 Å². The Morgan fingerprint density at radius 1 is 1.30 bits per heavy atom. The molecule has 5 heteroatoms. The van der Waals surface area contributed by atoms with Crippen LogP contribution in [0.25, 0.3) is 0 Å². The molecule has 1 heterocycles. The van der Waals surface area contributed by atoms with Crippen LogP contribution in [0.15, 0.2) is 24.3 Å². The third-order valence-electron chi connectivity index (χ3n) is 3.72. The van der Waals surface area contributed by atoms with E-state index in [2.05, 4.69) is 5.32 Å². The maximum absolute atomic E-state index is 12.7. The second kappa shape index (κ2) is 5.53. The number of nitrogen functional groups attached to an aromatic ring is 1. The summed E-state index contributed by atoms with van der Waals surface area (Å²) in [5, 5.41) is 2.78. The minimum atomic E-state index is -0.668. The summed E-state index contributed by atoms with van der Waals surface area (Å²) in [7, 11) is 0. The van der Waals surface area contributed by atoms with E-state index in [4.69, 9.17) is 5.73 Å². The average molecular weight is 275 g/mol. The van der Waals surface area contributed by atoms with Crippen LogP contribution in [-0.4, -0.2) is 36.3 Å². The van der Waals surface area contributed by atoms with Crippen molar-refractivity contribution in [3.8, 4) is 0 Å². The molecular formula is C15H21N3O2. The topological polar surface area (TPSA) is 75.4 Å². The molecular weight excluding hydrogens is 254 g/mol. The summed E-state index contributed by atoms with van der Waals surface area (Å²) in [4.78, 5) is 25.9. The molecule has 0 aliphatic carbocycles. The number of hydrogen-bond donors (Lipinski definition) is 2. The molecule has 1 saturated heterocycles. The first-order valence-electron chi connectivity index (χ1n) is 6.83. The zero-order chi connectivity index (χ0) is 14.8. The fraction of sp³-hybridized carbons (Fsp3) is 0.467. The normalized spacial score (nSPS) is 16.5. The minimum Gasteiger partial charge on any atom is -0.399 e. The van der Waals surface area contributed by atoms with Gasteiger partial charge in [0, 0.05) is 18.8 Å². The van der Waals surface area contributed by atoms with Gasteiger partial charge in [-0.2, -0.15) is 0 Å². The standard InChI is InChI=1S/C15H21N3O2/c1-15(2,11-4-6-12(16)7-5-11)14(20)18-9-3-8-17-13(19)10-18/h4-7H,3,8-10,16H2,1-2H3,(H,17,19). The summed E-state index contributed by atoms with van der Waals surface area (Å²) in [5.41, 5.74) is 6.59. The average Bonchev–Trinajstić information content (AvgIpc) is 2.63. The fourth-order valence-electron chi connectivity index (χ4n) is 2.40. The summed E-state index contributed by atoms with van der Waals surface area (Å²) in [6.07, 6.45) is 0.787. The van der Waals surface area contributed by atoms with Gasteiger partial charge in [-0.25, -0.2) is 0 Å². The summed E-state index contributed by atoms with van der Waals surface area (Å²) in [6.45, 7) is 5.13. The van der Waals surface area contributed by atoms with Crippen LogP contribution in [0, 0.1) is 0 Å². The van der Waals surface area contributed by atoms with Crippen LogP contribution in [0.3, 0.4) is 0 Å². The van der Waals surface area contributed by atoms with E-state index in [1.165, 1.54) is 0 Å². The zero-order valence-corrected chi connectivity index (χ0v) is 12.0. The molecule has 1 aliphatic heterocycles. The molecule has 2 amide bonds. The maximum Gasteiger partial charge on any atom is 0.239 e. The molecule has 1 fully saturated rings. The van der Waals surface area contributed by atoms with Gasteiger partial charge in [0.25, 0.3) is 0 Å². The number of carbonyl (C=O) groups excluding carboxylic acids is 2. The molecule has 2 rings (SSSR count). The van der Waals surface area contributed by atoms with Crippen LogP contribution in [0.4, 0.5) is 5.69 Å². The quantitative estimate of drug-likeness (QED) is 0.787. The van der Waals surface area contributed by atoms with Gasteiger partial charge in [0.1, 0.15) is 0 Å². The highest BCUT2D eigenvalue weighted by Gasteiger charge is 2.34. The van der Waals surface area contributed by atoms with Gasteiger partial charge in [-0.1, -0.05) is 12.1 Å². The van der Waals surface area contributed by atoms with Crippen LogP contribution < -0.4 is 11.1 Å². The summed E-state index contributed by atoms with van der Waals surface area (Å²) < 4.78 is 0. The summed E-state index contributed by atoms with van der Waals surface area (Å²) in [5.74, 6) is -0.122. The number of benzene rings is 1. The van der Waals surface area contributed by atoms with Crippen LogP contribution >= 0.6 is 0 Å². The smallest absolute Gasteiger partial charge is 0.239 e. The molecule has 0 spiro atoms. The molecule has 1 aromatic carbocycles. The van der Waals surface area contributed by atoms with Gasteiger partial charge in [-0.3, -0.25) is 9.59 Å². The van der Waals surface area contributed by atoms with Gasteiger partial charge >= 0.3 is 0 Å². The number of rotatable bonds is 2. The lowest BCUT2D eigenvalue weighted by Crippen LogP contribution is -2.46. The Morgan fingerprint density at radius 2 is 1.95 bits per heavy atom. The molecule has 1 aromatic rings. The van der Waals surface area contributed by atoms with Gasteiger partial charge in [0.05, 0.1) is 12.0 Å². The second-order valence-electron chi connectivity index (χ2n) is 5.68.